The molecule has 0 unspecified atom stereocenters. The van der Waals surface area contributed by atoms with E-state index in [2.05, 4.69) is 29.8 Å². The second-order valence-electron chi connectivity index (χ2n) is 2.33. The van der Waals surface area contributed by atoms with Crippen molar-refractivity contribution in [2.45, 2.75) is 31.5 Å². The summed E-state index contributed by atoms with van der Waals surface area (Å²) in [5.41, 5.74) is 0. The van der Waals surface area contributed by atoms with E-state index in [1.807, 2.05) is 0 Å². The van der Waals surface area contributed by atoms with Crippen molar-refractivity contribution in [3.05, 3.63) is 0 Å². The van der Waals surface area contributed by atoms with Gasteiger partial charge in [0, 0.05) is 18.0 Å². The third kappa shape index (κ3) is 16.1. The van der Waals surface area contributed by atoms with Gasteiger partial charge in [0.15, 0.2) is 0 Å². The molecule has 0 aromatic heterocycles. The molecule has 0 aliphatic carbocycles. The van der Waals surface area contributed by atoms with Gasteiger partial charge in [0.1, 0.15) is 0 Å². The molecule has 0 amide bonds. The molecule has 60 valence electrons. The molecular formula is C7H17BrMgO. The third-order valence-corrected chi connectivity index (χ3v) is 0.827. The number of ether oxygens (including phenoxy) is 1. The minimum Gasteiger partial charge on any atom is -1.00 e. The van der Waals surface area contributed by atoms with Gasteiger partial charge < -0.3 is 7.59 Å². The zero-order valence-electron chi connectivity index (χ0n) is 8.90. The smallest absolute Gasteiger partial charge is 1.00 e. The summed E-state index contributed by atoms with van der Waals surface area (Å²) >= 11 is 3.27. The first kappa shape index (κ1) is 13.8. The van der Waals surface area contributed by atoms with Crippen LogP contribution in [0.4, 0.5) is 0 Å². The fourth-order valence-electron chi connectivity index (χ4n) is 0.510. The molecule has 1 aliphatic heterocycles. The predicted octanol–water partition coefficient (Wildman–Crippen LogP) is 2.43. The zero-order valence-corrected chi connectivity index (χ0v) is 9.90. The first-order valence-electron chi connectivity index (χ1n) is 3.45. The largest absolute Gasteiger partial charge is 2.00 e. The van der Waals surface area contributed by atoms with Gasteiger partial charge in [0.05, 0.1) is 0 Å². The molecule has 1 rings (SSSR count). The minimum atomic E-state index is 0. The summed E-state index contributed by atoms with van der Waals surface area (Å²) in [4.78, 5) is 0.646. The second-order valence-corrected chi connectivity index (χ2v) is 4.16. The van der Waals surface area contributed by atoms with Gasteiger partial charge in [-0.15, -0.1) is 0 Å². The molecule has 0 N–H and O–H groups in total. The molecule has 1 saturated heterocycles. The second kappa shape index (κ2) is 10.2. The Kier molecular flexibility index (Phi) is 14.1. The van der Waals surface area contributed by atoms with Crippen molar-refractivity contribution < 1.29 is 7.59 Å². The number of alkyl halides is 1. The van der Waals surface area contributed by atoms with E-state index < -0.39 is 0 Å². The topological polar surface area (TPSA) is 9.23 Å². The summed E-state index contributed by atoms with van der Waals surface area (Å²) in [6, 6.07) is 0. The maximum Gasteiger partial charge on any atom is 2.00 e. The van der Waals surface area contributed by atoms with Crippen LogP contribution in [0.25, 0.3) is 0 Å². The SMILES string of the molecule is C1CCOC1.CC(C)Br.[H-].[H-].[Mg+2]. The van der Waals surface area contributed by atoms with Crippen molar-refractivity contribution in [2.75, 3.05) is 13.2 Å². The van der Waals surface area contributed by atoms with Crippen LogP contribution in [-0.4, -0.2) is 41.1 Å². The molecule has 3 heteroatoms. The zero-order chi connectivity index (χ0) is 7.11. The minimum absolute atomic E-state index is 0. The monoisotopic (exact) mass is 220 g/mol. The molecule has 10 heavy (non-hydrogen) atoms. The van der Waals surface area contributed by atoms with Crippen molar-refractivity contribution in [2.24, 2.45) is 0 Å². The number of hydrogen-bond acceptors (Lipinski definition) is 1. The third-order valence-electron chi connectivity index (χ3n) is 0.827. The Morgan fingerprint density at radius 2 is 1.60 bits per heavy atom. The molecular weight excluding hydrogens is 204 g/mol. The fourth-order valence-corrected chi connectivity index (χ4v) is 0.510. The van der Waals surface area contributed by atoms with Crippen LogP contribution in [0.3, 0.4) is 0 Å². The van der Waals surface area contributed by atoms with E-state index >= 15 is 0 Å². The van der Waals surface area contributed by atoms with E-state index in [0.717, 1.165) is 13.2 Å². The van der Waals surface area contributed by atoms with Crippen molar-refractivity contribution >= 4 is 39.0 Å². The molecule has 0 aromatic carbocycles. The predicted molar refractivity (Wildman–Crippen MR) is 52.1 cm³/mol. The summed E-state index contributed by atoms with van der Waals surface area (Å²) in [6.45, 7) is 6.17. The van der Waals surface area contributed by atoms with Crippen LogP contribution in [0.15, 0.2) is 0 Å². The number of rotatable bonds is 0. The van der Waals surface area contributed by atoms with Crippen LogP contribution < -0.4 is 0 Å². The van der Waals surface area contributed by atoms with E-state index in [-0.39, 0.29) is 25.9 Å². The summed E-state index contributed by atoms with van der Waals surface area (Å²) < 4.78 is 4.94. The van der Waals surface area contributed by atoms with Gasteiger partial charge in [0.2, 0.25) is 0 Å². The van der Waals surface area contributed by atoms with E-state index in [1.54, 1.807) is 0 Å². The molecule has 1 heterocycles. The molecule has 0 spiro atoms. The Morgan fingerprint density at radius 3 is 1.70 bits per heavy atom. The Morgan fingerprint density at radius 1 is 1.30 bits per heavy atom. The van der Waals surface area contributed by atoms with Gasteiger partial charge in [-0.25, -0.2) is 0 Å². The fraction of sp³-hybridized carbons (Fsp3) is 1.00. The van der Waals surface area contributed by atoms with E-state index in [0.29, 0.717) is 4.83 Å². The summed E-state index contributed by atoms with van der Waals surface area (Å²) in [6.07, 6.45) is 2.56. The summed E-state index contributed by atoms with van der Waals surface area (Å²) in [5, 5.41) is 0. The Hall–Kier alpha value is 1.21. The molecule has 0 bridgehead atoms. The Bertz CT molecular complexity index is 53.0. The van der Waals surface area contributed by atoms with Gasteiger partial charge in [-0.1, -0.05) is 29.8 Å². The maximum atomic E-state index is 4.94. The van der Waals surface area contributed by atoms with Crippen molar-refractivity contribution in [1.82, 2.24) is 0 Å². The van der Waals surface area contributed by atoms with Crippen molar-refractivity contribution in [3.63, 3.8) is 0 Å². The first-order chi connectivity index (χ1) is 4.23. The van der Waals surface area contributed by atoms with Gasteiger partial charge in [-0.2, -0.15) is 0 Å². The van der Waals surface area contributed by atoms with Crippen molar-refractivity contribution in [1.29, 1.82) is 0 Å². The van der Waals surface area contributed by atoms with Gasteiger partial charge >= 0.3 is 23.1 Å². The molecule has 0 atom stereocenters. The molecule has 1 aliphatic rings. The van der Waals surface area contributed by atoms with Crippen LogP contribution in [0.1, 0.15) is 29.5 Å². The molecule has 0 aromatic rings. The average molecular weight is 221 g/mol. The molecule has 1 fully saturated rings. The normalized spacial score (nSPS) is 15.6. The van der Waals surface area contributed by atoms with Crippen LogP contribution in [0.5, 0.6) is 0 Å². The summed E-state index contributed by atoms with van der Waals surface area (Å²) in [5.74, 6) is 0. The summed E-state index contributed by atoms with van der Waals surface area (Å²) in [7, 11) is 0. The molecule has 0 radical (unpaired) electrons. The van der Waals surface area contributed by atoms with Crippen LogP contribution in [0, 0.1) is 0 Å². The number of halogens is 1. The molecule has 1 nitrogen and oxygen atoms in total. The van der Waals surface area contributed by atoms with E-state index in [1.165, 1.54) is 12.8 Å². The standard InChI is InChI=1S/C4H8O.C3H7Br.Mg.2H/c1-2-4-5-3-1;1-3(2)4;;;/h1-4H2;3H,1-2H3;;;/q;;+2;2*-1. The van der Waals surface area contributed by atoms with Crippen molar-refractivity contribution in [3.8, 4) is 0 Å². The Balaban J connectivity index is -0.0000000436. The number of hydrogen-bond donors (Lipinski definition) is 0. The van der Waals surface area contributed by atoms with Gasteiger partial charge in [0.25, 0.3) is 0 Å². The van der Waals surface area contributed by atoms with E-state index in [9.17, 15) is 0 Å². The van der Waals surface area contributed by atoms with Gasteiger partial charge in [-0.05, 0) is 12.8 Å². The van der Waals surface area contributed by atoms with Crippen LogP contribution in [0.2, 0.25) is 0 Å². The first-order valence-corrected chi connectivity index (χ1v) is 4.37. The van der Waals surface area contributed by atoms with Crippen LogP contribution in [-0.2, 0) is 4.74 Å². The maximum absolute atomic E-state index is 4.94. The van der Waals surface area contributed by atoms with E-state index in [4.69, 9.17) is 4.74 Å². The van der Waals surface area contributed by atoms with Gasteiger partial charge in [-0.3, -0.25) is 0 Å². The molecule has 0 saturated carbocycles. The van der Waals surface area contributed by atoms with Crippen LogP contribution >= 0.6 is 15.9 Å². The quantitative estimate of drug-likeness (QED) is 0.451. The Labute approximate surface area is 91.1 Å². The average Bonchev–Trinajstić information content (AvgIpc) is 2.11.